The van der Waals surface area contributed by atoms with E-state index >= 15 is 0 Å². The molecule has 6 nitrogen and oxygen atoms in total. The number of rotatable bonds is 12. The second kappa shape index (κ2) is 12.0. The van der Waals surface area contributed by atoms with Crippen LogP contribution < -0.4 is 16.2 Å². The van der Waals surface area contributed by atoms with E-state index in [0.29, 0.717) is 45.0 Å². The van der Waals surface area contributed by atoms with Gasteiger partial charge in [0.2, 0.25) is 11.8 Å². The fraction of sp³-hybridized carbons (Fsp3) is 0.360. The number of aromatic nitrogens is 1. The number of ether oxygens (including phenoxy) is 1. The molecule has 1 heterocycles. The summed E-state index contributed by atoms with van der Waals surface area (Å²) in [6.45, 7) is 2.25. The summed E-state index contributed by atoms with van der Waals surface area (Å²) in [6, 6.07) is 21.5. The molecule has 0 saturated carbocycles. The molecular formula is C25H32N4O2. The van der Waals surface area contributed by atoms with Crippen molar-refractivity contribution < 1.29 is 9.53 Å². The monoisotopic (exact) mass is 420 g/mol. The standard InChI is InChI=1S/C25H32N4O2/c26-16-6-11-22(27)25(30)29(18-15-20-8-2-1-3-9-20)17-7-19-31-24-14-13-21-10-4-5-12-23(21)28-24/h1-5,8-10,12-14,22H,6-7,11,15-19,26-27H2/t22-/m1/s1. The average Bonchev–Trinajstić information content (AvgIpc) is 2.82. The van der Waals surface area contributed by atoms with Gasteiger partial charge in [-0.25, -0.2) is 4.98 Å². The SMILES string of the molecule is NCCC[C@@H](N)C(=O)N(CCCOc1ccc2ccccc2n1)CCc1ccccc1. The Morgan fingerprint density at radius 1 is 0.968 bits per heavy atom. The molecule has 0 unspecified atom stereocenters. The van der Waals surface area contributed by atoms with E-state index in [4.69, 9.17) is 16.2 Å². The van der Waals surface area contributed by atoms with Gasteiger partial charge in [0, 0.05) is 24.5 Å². The molecule has 0 spiro atoms. The molecular weight excluding hydrogens is 388 g/mol. The highest BCUT2D eigenvalue weighted by molar-refractivity contribution is 5.81. The number of benzene rings is 2. The lowest BCUT2D eigenvalue weighted by molar-refractivity contribution is -0.132. The first kappa shape index (κ1) is 22.7. The number of carbonyl (C=O) groups excluding carboxylic acids is 1. The highest BCUT2D eigenvalue weighted by atomic mass is 16.5. The molecule has 1 aromatic heterocycles. The minimum absolute atomic E-state index is 0.0202. The van der Waals surface area contributed by atoms with E-state index in [9.17, 15) is 4.79 Å². The molecule has 31 heavy (non-hydrogen) atoms. The lowest BCUT2D eigenvalue weighted by Crippen LogP contribution is -2.45. The van der Waals surface area contributed by atoms with E-state index in [1.807, 2.05) is 59.5 Å². The molecule has 0 saturated heterocycles. The number of carbonyl (C=O) groups is 1. The van der Waals surface area contributed by atoms with Crippen LogP contribution in [0, 0.1) is 0 Å². The number of para-hydroxylation sites is 1. The first-order chi connectivity index (χ1) is 15.2. The van der Waals surface area contributed by atoms with Gasteiger partial charge in [-0.2, -0.15) is 0 Å². The van der Waals surface area contributed by atoms with Crippen molar-refractivity contribution in [2.45, 2.75) is 31.7 Å². The number of amides is 1. The molecule has 164 valence electrons. The van der Waals surface area contributed by atoms with Crippen molar-refractivity contribution in [2.24, 2.45) is 11.5 Å². The summed E-state index contributed by atoms with van der Waals surface area (Å²) < 4.78 is 5.84. The van der Waals surface area contributed by atoms with E-state index in [0.717, 1.165) is 23.7 Å². The Morgan fingerprint density at radius 2 is 1.74 bits per heavy atom. The van der Waals surface area contributed by atoms with E-state index in [1.54, 1.807) is 0 Å². The van der Waals surface area contributed by atoms with Gasteiger partial charge in [0.25, 0.3) is 0 Å². The molecule has 0 aliphatic heterocycles. The maximum atomic E-state index is 12.9. The summed E-state index contributed by atoms with van der Waals surface area (Å²) in [5, 5.41) is 1.08. The molecule has 2 aromatic carbocycles. The molecule has 0 aliphatic carbocycles. The third-order valence-electron chi connectivity index (χ3n) is 5.26. The number of nitrogens with two attached hydrogens (primary N) is 2. The number of nitrogens with zero attached hydrogens (tertiary/aromatic N) is 2. The van der Waals surface area contributed by atoms with E-state index in [1.165, 1.54) is 5.56 Å². The highest BCUT2D eigenvalue weighted by Crippen LogP contribution is 2.16. The molecule has 6 heteroatoms. The Labute approximate surface area is 184 Å². The van der Waals surface area contributed by atoms with Crippen LogP contribution in [-0.2, 0) is 11.2 Å². The molecule has 1 amide bonds. The van der Waals surface area contributed by atoms with Gasteiger partial charge in [-0.05, 0) is 49.9 Å². The first-order valence-corrected chi connectivity index (χ1v) is 10.9. The van der Waals surface area contributed by atoms with Crippen molar-refractivity contribution in [3.63, 3.8) is 0 Å². The zero-order valence-corrected chi connectivity index (χ0v) is 18.0. The van der Waals surface area contributed by atoms with Crippen molar-refractivity contribution >= 4 is 16.8 Å². The van der Waals surface area contributed by atoms with Gasteiger partial charge in [0.1, 0.15) is 0 Å². The van der Waals surface area contributed by atoms with Gasteiger partial charge in [0.05, 0.1) is 18.2 Å². The van der Waals surface area contributed by atoms with E-state index in [2.05, 4.69) is 17.1 Å². The summed E-state index contributed by atoms with van der Waals surface area (Å²) in [6.07, 6.45) is 2.85. The summed E-state index contributed by atoms with van der Waals surface area (Å²) in [5.41, 5.74) is 13.8. The minimum Gasteiger partial charge on any atom is -0.478 e. The second-order valence-electron chi connectivity index (χ2n) is 7.64. The van der Waals surface area contributed by atoms with Crippen LogP contribution in [0.3, 0.4) is 0 Å². The Hall–Kier alpha value is -2.96. The van der Waals surface area contributed by atoms with Gasteiger partial charge in [-0.1, -0.05) is 48.5 Å². The number of hydrogen-bond acceptors (Lipinski definition) is 5. The second-order valence-corrected chi connectivity index (χ2v) is 7.64. The van der Waals surface area contributed by atoms with Crippen LogP contribution in [0.5, 0.6) is 5.88 Å². The largest absolute Gasteiger partial charge is 0.478 e. The Balaban J connectivity index is 1.54. The maximum Gasteiger partial charge on any atom is 0.239 e. The van der Waals surface area contributed by atoms with Crippen molar-refractivity contribution in [2.75, 3.05) is 26.2 Å². The summed E-state index contributed by atoms with van der Waals surface area (Å²) in [4.78, 5) is 19.3. The van der Waals surface area contributed by atoms with Crippen molar-refractivity contribution in [1.82, 2.24) is 9.88 Å². The molecule has 4 N–H and O–H groups in total. The fourth-order valence-electron chi connectivity index (χ4n) is 3.50. The van der Waals surface area contributed by atoms with Crippen LogP contribution in [0.2, 0.25) is 0 Å². The summed E-state index contributed by atoms with van der Waals surface area (Å²) >= 11 is 0. The van der Waals surface area contributed by atoms with Gasteiger partial charge in [-0.3, -0.25) is 4.79 Å². The van der Waals surface area contributed by atoms with Crippen LogP contribution >= 0.6 is 0 Å². The van der Waals surface area contributed by atoms with Crippen LogP contribution in [-0.4, -0.2) is 48.1 Å². The third-order valence-corrected chi connectivity index (χ3v) is 5.26. The lowest BCUT2D eigenvalue weighted by Gasteiger charge is -2.26. The predicted molar refractivity (Wildman–Crippen MR) is 125 cm³/mol. The highest BCUT2D eigenvalue weighted by Gasteiger charge is 2.20. The van der Waals surface area contributed by atoms with Crippen molar-refractivity contribution in [3.8, 4) is 5.88 Å². The number of pyridine rings is 1. The predicted octanol–water partition coefficient (Wildman–Crippen LogP) is 3.14. The van der Waals surface area contributed by atoms with Gasteiger partial charge in [0.15, 0.2) is 0 Å². The Morgan fingerprint density at radius 3 is 2.55 bits per heavy atom. The van der Waals surface area contributed by atoms with Crippen LogP contribution in [0.1, 0.15) is 24.8 Å². The molecule has 0 radical (unpaired) electrons. The average molecular weight is 421 g/mol. The van der Waals surface area contributed by atoms with Crippen LogP contribution in [0.25, 0.3) is 10.9 Å². The molecule has 1 atom stereocenters. The Kier molecular flexibility index (Phi) is 8.82. The van der Waals surface area contributed by atoms with Crippen molar-refractivity contribution in [1.29, 1.82) is 0 Å². The maximum absolute atomic E-state index is 12.9. The zero-order chi connectivity index (χ0) is 21.9. The normalized spacial score (nSPS) is 11.9. The third kappa shape index (κ3) is 7.05. The molecule has 0 fully saturated rings. The van der Waals surface area contributed by atoms with Crippen LogP contribution in [0.15, 0.2) is 66.7 Å². The summed E-state index contributed by atoms with van der Waals surface area (Å²) in [5.74, 6) is 0.578. The number of fused-ring (bicyclic) bond motifs is 1. The quantitative estimate of drug-likeness (QED) is 0.439. The first-order valence-electron chi connectivity index (χ1n) is 10.9. The van der Waals surface area contributed by atoms with Gasteiger partial charge in [-0.15, -0.1) is 0 Å². The molecule has 0 aliphatic rings. The minimum atomic E-state index is -0.512. The molecule has 0 bridgehead atoms. The summed E-state index contributed by atoms with van der Waals surface area (Å²) in [7, 11) is 0. The molecule has 3 aromatic rings. The van der Waals surface area contributed by atoms with Gasteiger partial charge >= 0.3 is 0 Å². The van der Waals surface area contributed by atoms with Gasteiger partial charge < -0.3 is 21.1 Å². The molecule has 3 rings (SSSR count). The smallest absolute Gasteiger partial charge is 0.239 e. The zero-order valence-electron chi connectivity index (χ0n) is 18.0. The fourth-order valence-corrected chi connectivity index (χ4v) is 3.50. The van der Waals surface area contributed by atoms with Crippen LogP contribution in [0.4, 0.5) is 0 Å². The van der Waals surface area contributed by atoms with E-state index in [-0.39, 0.29) is 5.91 Å². The topological polar surface area (TPSA) is 94.5 Å². The number of hydrogen-bond donors (Lipinski definition) is 2. The van der Waals surface area contributed by atoms with E-state index < -0.39 is 6.04 Å². The van der Waals surface area contributed by atoms with Crippen molar-refractivity contribution in [3.05, 3.63) is 72.3 Å². The lowest BCUT2D eigenvalue weighted by atomic mass is 10.1. The Bertz CT molecular complexity index is 948.